The summed E-state index contributed by atoms with van der Waals surface area (Å²) < 4.78 is 7.94. The van der Waals surface area contributed by atoms with Crippen molar-refractivity contribution in [1.82, 2.24) is 14.8 Å². The molecule has 2 saturated heterocycles. The number of nitrogens with zero attached hydrogens (tertiary/aromatic N) is 2. The van der Waals surface area contributed by atoms with Gasteiger partial charge in [0.2, 0.25) is 5.91 Å². The Balaban J connectivity index is 1.16. The van der Waals surface area contributed by atoms with Crippen molar-refractivity contribution >= 4 is 22.7 Å². The van der Waals surface area contributed by atoms with E-state index in [2.05, 4.69) is 29.1 Å². The van der Waals surface area contributed by atoms with E-state index in [9.17, 15) is 9.59 Å². The number of hydrogen-bond acceptors (Lipinski definition) is 3. The fourth-order valence-electron chi connectivity index (χ4n) is 6.35. The summed E-state index contributed by atoms with van der Waals surface area (Å²) in [6.07, 6.45) is 8.65. The summed E-state index contributed by atoms with van der Waals surface area (Å²) in [5, 5.41) is 4.32. The molecule has 0 spiro atoms. The number of fused-ring (bicyclic) bond motifs is 3. The number of carbonyl (C=O) groups excluding carboxylic acids is 2. The van der Waals surface area contributed by atoms with Gasteiger partial charge in [-0.05, 0) is 80.5 Å². The first-order valence-electron chi connectivity index (χ1n) is 12.8. The Bertz CT molecular complexity index is 1070. The summed E-state index contributed by atoms with van der Waals surface area (Å²) in [5.74, 6) is 2.03. The maximum Gasteiger partial charge on any atom is 0.253 e. The third-order valence-electron chi connectivity index (χ3n) is 8.49. The number of likely N-dealkylation sites (tertiary alicyclic amines) is 1. The van der Waals surface area contributed by atoms with Crippen LogP contribution in [0.15, 0.2) is 18.2 Å². The minimum Gasteiger partial charge on any atom is -0.381 e. The van der Waals surface area contributed by atoms with Gasteiger partial charge in [-0.2, -0.15) is 0 Å². The van der Waals surface area contributed by atoms with Gasteiger partial charge in [-0.3, -0.25) is 9.59 Å². The van der Waals surface area contributed by atoms with Gasteiger partial charge in [-0.1, -0.05) is 0 Å². The van der Waals surface area contributed by atoms with Crippen molar-refractivity contribution < 1.29 is 14.3 Å². The molecular weight excluding hydrogens is 414 g/mol. The van der Waals surface area contributed by atoms with Crippen LogP contribution in [0.25, 0.3) is 10.9 Å². The molecule has 3 fully saturated rings. The van der Waals surface area contributed by atoms with Crippen LogP contribution in [0, 0.1) is 17.8 Å². The first-order chi connectivity index (χ1) is 16.1. The zero-order valence-electron chi connectivity index (χ0n) is 19.6. The molecule has 1 atom stereocenters. The van der Waals surface area contributed by atoms with E-state index in [1.54, 1.807) is 0 Å². The normalized spacial score (nSPS) is 23.9. The Kier molecular flexibility index (Phi) is 5.44. The number of carbonyl (C=O) groups is 2. The van der Waals surface area contributed by atoms with E-state index in [-0.39, 0.29) is 11.8 Å². The van der Waals surface area contributed by atoms with Gasteiger partial charge in [0.1, 0.15) is 0 Å². The number of rotatable bonds is 5. The van der Waals surface area contributed by atoms with E-state index in [0.717, 1.165) is 56.3 Å². The highest BCUT2D eigenvalue weighted by atomic mass is 16.5. The molecule has 6 nitrogen and oxygen atoms in total. The Labute approximate surface area is 195 Å². The van der Waals surface area contributed by atoms with Crippen LogP contribution >= 0.6 is 0 Å². The fourth-order valence-corrected chi connectivity index (χ4v) is 6.35. The second kappa shape index (κ2) is 8.46. The van der Waals surface area contributed by atoms with Crippen molar-refractivity contribution in [2.24, 2.45) is 24.8 Å². The summed E-state index contributed by atoms with van der Waals surface area (Å²) in [7, 11) is 2.17. The van der Waals surface area contributed by atoms with E-state index in [0.29, 0.717) is 31.5 Å². The average Bonchev–Trinajstić information content (AvgIpc) is 3.59. The molecule has 33 heavy (non-hydrogen) atoms. The van der Waals surface area contributed by atoms with Crippen LogP contribution in [0.3, 0.4) is 0 Å². The van der Waals surface area contributed by atoms with Crippen LogP contribution in [-0.4, -0.2) is 53.6 Å². The predicted molar refractivity (Wildman–Crippen MR) is 127 cm³/mol. The fraction of sp³-hybridized carbons (Fsp3) is 0.630. The molecule has 2 aliphatic heterocycles. The Morgan fingerprint density at radius 2 is 1.85 bits per heavy atom. The smallest absolute Gasteiger partial charge is 0.253 e. The zero-order valence-corrected chi connectivity index (χ0v) is 19.6. The van der Waals surface area contributed by atoms with Crippen LogP contribution in [0.5, 0.6) is 0 Å². The molecule has 176 valence electrons. The van der Waals surface area contributed by atoms with Gasteiger partial charge in [0.15, 0.2) is 0 Å². The lowest BCUT2D eigenvalue weighted by Crippen LogP contribution is -2.51. The second-order valence-electron chi connectivity index (χ2n) is 10.8. The SMILES string of the molecule is Cn1c2c(c3cc(C(=O)N4CC(CC(=O)NC5CC5)C4)ccc31)CC(C1CCOCC1)CC2. The average molecular weight is 450 g/mol. The van der Waals surface area contributed by atoms with Crippen molar-refractivity contribution in [3.63, 3.8) is 0 Å². The molecule has 3 heterocycles. The maximum atomic E-state index is 13.2. The second-order valence-corrected chi connectivity index (χ2v) is 10.8. The third kappa shape index (κ3) is 4.07. The topological polar surface area (TPSA) is 63.6 Å². The van der Waals surface area contributed by atoms with Crippen molar-refractivity contribution in [3.05, 3.63) is 35.0 Å². The molecule has 2 aromatic rings. The lowest BCUT2D eigenvalue weighted by atomic mass is 9.75. The van der Waals surface area contributed by atoms with Crippen molar-refractivity contribution in [3.8, 4) is 0 Å². The minimum atomic E-state index is 0.102. The lowest BCUT2D eigenvalue weighted by Gasteiger charge is -2.39. The maximum absolute atomic E-state index is 13.2. The van der Waals surface area contributed by atoms with E-state index in [4.69, 9.17) is 4.74 Å². The first-order valence-corrected chi connectivity index (χ1v) is 12.8. The van der Waals surface area contributed by atoms with Gasteiger partial charge >= 0.3 is 0 Å². The van der Waals surface area contributed by atoms with Gasteiger partial charge in [-0.15, -0.1) is 0 Å². The number of benzene rings is 1. The van der Waals surface area contributed by atoms with E-state index in [1.807, 2.05) is 11.0 Å². The number of aryl methyl sites for hydroxylation is 1. The monoisotopic (exact) mass is 449 g/mol. The molecule has 1 aromatic carbocycles. The highest BCUT2D eigenvalue weighted by Gasteiger charge is 2.35. The zero-order chi connectivity index (χ0) is 22.5. The Morgan fingerprint density at radius 1 is 1.06 bits per heavy atom. The lowest BCUT2D eigenvalue weighted by molar-refractivity contribution is -0.123. The quantitative estimate of drug-likeness (QED) is 0.761. The highest BCUT2D eigenvalue weighted by Crippen LogP contribution is 2.39. The Hall–Kier alpha value is -2.34. The molecule has 0 bridgehead atoms. The summed E-state index contributed by atoms with van der Waals surface area (Å²) in [6.45, 7) is 3.18. The largest absolute Gasteiger partial charge is 0.381 e. The number of hydrogen-bond donors (Lipinski definition) is 1. The van der Waals surface area contributed by atoms with Gasteiger partial charge in [-0.25, -0.2) is 0 Å². The standard InChI is InChI=1S/C27H35N3O3/c1-29-24-6-2-19(18-8-10-33-11-9-18)13-22(24)23-14-20(3-7-25(23)29)27(32)30-15-17(16-30)12-26(31)28-21-4-5-21/h3,7,14,17-19,21H,2,4-6,8-13,15-16H2,1H3,(H,28,31). The molecule has 1 N–H and O–H groups in total. The van der Waals surface area contributed by atoms with Crippen molar-refractivity contribution in [1.29, 1.82) is 0 Å². The van der Waals surface area contributed by atoms with Crippen molar-refractivity contribution in [2.75, 3.05) is 26.3 Å². The third-order valence-corrected chi connectivity index (χ3v) is 8.49. The summed E-state index contributed by atoms with van der Waals surface area (Å²) >= 11 is 0. The first kappa shape index (κ1) is 21.2. The molecule has 6 heteroatoms. The van der Waals surface area contributed by atoms with Gasteiger partial charge < -0.3 is 19.5 Å². The number of amides is 2. The van der Waals surface area contributed by atoms with Gasteiger partial charge in [0.25, 0.3) is 5.91 Å². The minimum absolute atomic E-state index is 0.102. The molecule has 0 radical (unpaired) electrons. The van der Waals surface area contributed by atoms with Crippen LogP contribution in [0.2, 0.25) is 0 Å². The Morgan fingerprint density at radius 3 is 2.61 bits per heavy atom. The molecule has 1 unspecified atom stereocenters. The summed E-state index contributed by atoms with van der Waals surface area (Å²) in [6, 6.07) is 6.66. The van der Waals surface area contributed by atoms with Crippen LogP contribution < -0.4 is 5.32 Å². The molecule has 6 rings (SSSR count). The van der Waals surface area contributed by atoms with Crippen LogP contribution in [0.4, 0.5) is 0 Å². The van der Waals surface area contributed by atoms with Gasteiger partial charge in [0, 0.05) is 73.9 Å². The molecule has 2 amide bonds. The molecule has 2 aliphatic carbocycles. The van der Waals surface area contributed by atoms with E-state index in [1.165, 1.54) is 41.4 Å². The number of ether oxygens (including phenoxy) is 1. The molecular formula is C27H35N3O3. The van der Waals surface area contributed by atoms with E-state index >= 15 is 0 Å². The van der Waals surface area contributed by atoms with Crippen molar-refractivity contribution in [2.45, 2.75) is 57.4 Å². The predicted octanol–water partition coefficient (Wildman–Crippen LogP) is 3.45. The molecule has 1 saturated carbocycles. The number of aromatic nitrogens is 1. The van der Waals surface area contributed by atoms with Gasteiger partial charge in [0.05, 0.1) is 0 Å². The van der Waals surface area contributed by atoms with Crippen LogP contribution in [-0.2, 0) is 29.4 Å². The highest BCUT2D eigenvalue weighted by molar-refractivity contribution is 5.99. The number of nitrogens with one attached hydrogen (secondary N) is 1. The van der Waals surface area contributed by atoms with E-state index < -0.39 is 0 Å². The molecule has 4 aliphatic rings. The van der Waals surface area contributed by atoms with Crippen LogP contribution in [0.1, 0.15) is 60.1 Å². The molecule has 1 aromatic heterocycles. The summed E-state index contributed by atoms with van der Waals surface area (Å²) in [4.78, 5) is 27.1. The summed E-state index contributed by atoms with van der Waals surface area (Å²) in [5.41, 5.74) is 4.93.